The van der Waals surface area contributed by atoms with Gasteiger partial charge in [0.1, 0.15) is 6.34 Å². The van der Waals surface area contributed by atoms with Crippen LogP contribution >= 0.6 is 46.4 Å². The molecule has 1 aliphatic heterocycles. The van der Waals surface area contributed by atoms with Crippen LogP contribution in [0.3, 0.4) is 0 Å². The zero-order chi connectivity index (χ0) is 17.8. The Hall–Kier alpha value is -0.1000. The molecule has 2 aromatic carbocycles. The van der Waals surface area contributed by atoms with Gasteiger partial charge in [0.25, 0.3) is 0 Å². The van der Waals surface area contributed by atoms with Crippen molar-refractivity contribution in [1.82, 2.24) is 0 Å². The van der Waals surface area contributed by atoms with Gasteiger partial charge in [-0.15, -0.1) is 0 Å². The molecule has 26 heavy (non-hydrogen) atoms. The molecule has 132 valence electrons. The van der Waals surface area contributed by atoms with Crippen molar-refractivity contribution in [2.75, 3.05) is 0 Å². The second kappa shape index (κ2) is 10.4. The van der Waals surface area contributed by atoms with Crippen LogP contribution in [0.15, 0.2) is 46.4 Å². The number of halogens is 4. The Morgan fingerprint density at radius 2 is 1.69 bits per heavy atom. The van der Waals surface area contributed by atoms with E-state index < -0.39 is 0 Å². The fourth-order valence-electron chi connectivity index (χ4n) is 2.52. The molecule has 0 radical (unpaired) electrons. The van der Waals surface area contributed by atoms with Gasteiger partial charge in [0.05, 0.1) is 18.8 Å². The van der Waals surface area contributed by atoms with Crippen molar-refractivity contribution < 1.29 is 35.7 Å². The maximum absolute atomic E-state index is 6.36. The number of benzene rings is 2. The van der Waals surface area contributed by atoms with E-state index in [1.807, 2.05) is 12.1 Å². The minimum Gasteiger partial charge on any atom is -1.00 e. The fourth-order valence-corrected chi connectivity index (χ4v) is 3.51. The summed E-state index contributed by atoms with van der Waals surface area (Å²) >= 11 is 24.5. The third-order valence-electron chi connectivity index (χ3n) is 3.80. The van der Waals surface area contributed by atoms with Crippen LogP contribution in [0.4, 0.5) is 0 Å². The smallest absolute Gasteiger partial charge is 1.00 e. The third kappa shape index (κ3) is 5.95. The summed E-state index contributed by atoms with van der Waals surface area (Å²) < 4.78 is 6.13. The van der Waals surface area contributed by atoms with E-state index in [0.717, 1.165) is 11.1 Å². The first-order valence-corrected chi connectivity index (χ1v) is 9.09. The maximum Gasteiger partial charge on any atom is 1.00 e. The number of ether oxygens (including phenoxy) is 1. The summed E-state index contributed by atoms with van der Waals surface area (Å²) in [6.07, 6.45) is 3.67. The summed E-state index contributed by atoms with van der Waals surface area (Å²) in [5, 5.41) is 2.28. The summed E-state index contributed by atoms with van der Waals surface area (Å²) in [7, 11) is 0. The van der Waals surface area contributed by atoms with Crippen LogP contribution in [-0.2, 0) is 11.3 Å². The zero-order valence-electron chi connectivity index (χ0n) is 15.0. The molecule has 0 N–H and O–H groups in total. The Bertz CT molecular complexity index is 823. The van der Waals surface area contributed by atoms with Crippen molar-refractivity contribution in [2.24, 2.45) is 9.98 Å². The normalized spacial score (nSPS) is 16.5. The van der Waals surface area contributed by atoms with Crippen LogP contribution in [0.1, 0.15) is 25.1 Å². The molecule has 0 bridgehead atoms. The minimum atomic E-state index is -0.275. The van der Waals surface area contributed by atoms with E-state index in [-0.39, 0.29) is 43.1 Å². The van der Waals surface area contributed by atoms with Crippen molar-refractivity contribution in [2.45, 2.75) is 25.2 Å². The summed E-state index contributed by atoms with van der Waals surface area (Å²) in [5.74, 6) is 0. The van der Waals surface area contributed by atoms with Crippen LogP contribution in [0.2, 0.25) is 20.1 Å². The first-order chi connectivity index (χ1) is 12.0. The van der Waals surface area contributed by atoms with E-state index in [9.17, 15) is 0 Å². The average molecular weight is 440 g/mol. The average Bonchev–Trinajstić information content (AvgIpc) is 3.06. The molecule has 3 nitrogen and oxygen atoms in total. The molecule has 0 spiro atoms. The molecular formula is C18H15Cl4N2NaO. The van der Waals surface area contributed by atoms with E-state index in [1.54, 1.807) is 36.8 Å². The van der Waals surface area contributed by atoms with Crippen molar-refractivity contribution in [3.8, 4) is 0 Å². The van der Waals surface area contributed by atoms with Crippen LogP contribution in [0.5, 0.6) is 0 Å². The van der Waals surface area contributed by atoms with Crippen molar-refractivity contribution in [3.05, 3.63) is 67.6 Å². The van der Waals surface area contributed by atoms with E-state index in [0.29, 0.717) is 33.1 Å². The zero-order valence-corrected chi connectivity index (χ0v) is 19.0. The third-order valence-corrected chi connectivity index (χ3v) is 4.95. The number of hydrogen-bond donors (Lipinski definition) is 0. The van der Waals surface area contributed by atoms with E-state index >= 15 is 0 Å². The molecule has 0 aliphatic carbocycles. The molecular weight excluding hydrogens is 425 g/mol. The topological polar surface area (TPSA) is 34.0 Å². The summed E-state index contributed by atoms with van der Waals surface area (Å²) in [5.41, 5.74) is 1.70. The number of aliphatic imine (C=N–C) groups is 2. The number of rotatable bonds is 6. The Labute approximate surface area is 196 Å². The minimum absolute atomic E-state index is 0. The van der Waals surface area contributed by atoms with Gasteiger partial charge in [-0.3, -0.25) is 4.99 Å². The maximum atomic E-state index is 6.36. The monoisotopic (exact) mass is 438 g/mol. The quantitative estimate of drug-likeness (QED) is 0.633. The molecule has 0 amide bonds. The van der Waals surface area contributed by atoms with Gasteiger partial charge in [-0.1, -0.05) is 58.5 Å². The number of hydrogen-bond acceptors (Lipinski definition) is 3. The number of nitrogens with zero attached hydrogens (tertiary/aromatic N) is 2. The SMILES string of the molecule is Clc1ccc(COC(CC2C=NC=N2)c2ccc(Cl)cc2Cl)c(Cl)c1.[H-].[Na+]. The molecule has 0 fully saturated rings. The molecule has 0 aromatic heterocycles. The predicted molar refractivity (Wildman–Crippen MR) is 107 cm³/mol. The second-order valence-corrected chi connectivity index (χ2v) is 7.25. The van der Waals surface area contributed by atoms with Gasteiger partial charge in [-0.25, -0.2) is 4.99 Å². The standard InChI is InChI=1S/C18H14Cl4N2O.Na.H/c19-12-2-1-11(16(21)5-12)9-25-18(7-14-8-23-10-24-14)15-4-3-13(20)6-17(15)22;;/h1-6,8,10,14,18H,7,9H2;;/q;+1;-1. The van der Waals surface area contributed by atoms with Crippen LogP contribution in [0.25, 0.3) is 0 Å². The molecule has 2 unspecified atom stereocenters. The Morgan fingerprint density at radius 1 is 1.00 bits per heavy atom. The van der Waals surface area contributed by atoms with Gasteiger partial charge in [0, 0.05) is 32.7 Å². The fraction of sp³-hybridized carbons (Fsp3) is 0.222. The Kier molecular flexibility index (Phi) is 8.92. The van der Waals surface area contributed by atoms with Gasteiger partial charge in [-0.2, -0.15) is 0 Å². The predicted octanol–water partition coefficient (Wildman–Crippen LogP) is 3.55. The summed E-state index contributed by atoms with van der Waals surface area (Å²) in [6.45, 7) is 0.327. The molecule has 1 heterocycles. The van der Waals surface area contributed by atoms with Gasteiger partial charge in [-0.05, 0) is 35.4 Å². The van der Waals surface area contributed by atoms with Crippen LogP contribution in [0, 0.1) is 0 Å². The Morgan fingerprint density at radius 3 is 2.31 bits per heavy atom. The van der Waals surface area contributed by atoms with E-state index in [4.69, 9.17) is 51.1 Å². The first kappa shape index (κ1) is 22.2. The van der Waals surface area contributed by atoms with Gasteiger partial charge >= 0.3 is 29.6 Å². The Balaban J connectivity index is 0.00000182. The molecule has 3 rings (SSSR count). The molecule has 2 atom stereocenters. The van der Waals surface area contributed by atoms with Crippen molar-refractivity contribution >= 4 is 59.0 Å². The van der Waals surface area contributed by atoms with Crippen molar-refractivity contribution in [1.29, 1.82) is 0 Å². The van der Waals surface area contributed by atoms with E-state index in [2.05, 4.69) is 9.98 Å². The first-order valence-electron chi connectivity index (χ1n) is 7.58. The van der Waals surface area contributed by atoms with E-state index in [1.165, 1.54) is 0 Å². The van der Waals surface area contributed by atoms with Gasteiger partial charge < -0.3 is 6.16 Å². The molecule has 2 aromatic rings. The molecule has 8 heteroatoms. The largest absolute Gasteiger partial charge is 1.00 e. The van der Waals surface area contributed by atoms with Crippen molar-refractivity contribution in [3.63, 3.8) is 0 Å². The van der Waals surface area contributed by atoms with Crippen LogP contribution in [-0.4, -0.2) is 18.6 Å². The van der Waals surface area contributed by atoms with Crippen LogP contribution < -0.4 is 29.6 Å². The second-order valence-electron chi connectivity index (χ2n) is 5.57. The van der Waals surface area contributed by atoms with Gasteiger partial charge in [0.2, 0.25) is 0 Å². The molecule has 1 aliphatic rings. The molecule has 0 saturated heterocycles. The molecule has 0 saturated carbocycles. The summed E-state index contributed by atoms with van der Waals surface area (Å²) in [6, 6.07) is 10.6. The summed E-state index contributed by atoms with van der Waals surface area (Å²) in [4.78, 5) is 8.32. The van der Waals surface area contributed by atoms with Gasteiger partial charge in [0.15, 0.2) is 0 Å².